The molecule has 0 spiro atoms. The summed E-state index contributed by atoms with van der Waals surface area (Å²) in [6, 6.07) is -0.512. The SMILES string of the molecule is O=C1OCC(C(Cl)(Cl)Cl)N2CCCC12. The molecule has 0 aromatic heterocycles. The molecule has 0 bridgehead atoms. The van der Waals surface area contributed by atoms with E-state index in [0.29, 0.717) is 0 Å². The molecule has 0 radical (unpaired) electrons. The molecule has 2 unspecified atom stereocenters. The zero-order valence-electron chi connectivity index (χ0n) is 7.38. The fourth-order valence-corrected chi connectivity index (χ4v) is 2.62. The molecule has 0 amide bonds. The van der Waals surface area contributed by atoms with Crippen LogP contribution in [0.2, 0.25) is 0 Å². The Balaban J connectivity index is 2.18. The molecule has 14 heavy (non-hydrogen) atoms. The largest absolute Gasteiger partial charge is 0.463 e. The quantitative estimate of drug-likeness (QED) is 0.490. The number of carbonyl (C=O) groups is 1. The molecular weight excluding hydrogens is 248 g/mol. The van der Waals surface area contributed by atoms with Gasteiger partial charge in [0.05, 0.1) is 6.04 Å². The van der Waals surface area contributed by atoms with Crippen molar-refractivity contribution in [1.29, 1.82) is 0 Å². The Hall–Kier alpha value is 0.300. The summed E-state index contributed by atoms with van der Waals surface area (Å²) in [5.74, 6) is -0.187. The summed E-state index contributed by atoms with van der Waals surface area (Å²) in [6.45, 7) is 0.976. The number of esters is 1. The highest BCUT2D eigenvalue weighted by molar-refractivity contribution is 6.68. The number of morpholine rings is 1. The lowest BCUT2D eigenvalue weighted by Crippen LogP contribution is -2.56. The summed E-state index contributed by atoms with van der Waals surface area (Å²) in [6.07, 6.45) is 1.76. The number of carbonyl (C=O) groups excluding carboxylic acids is 1. The van der Waals surface area contributed by atoms with E-state index < -0.39 is 3.79 Å². The van der Waals surface area contributed by atoms with E-state index in [4.69, 9.17) is 39.5 Å². The zero-order valence-corrected chi connectivity index (χ0v) is 9.65. The number of hydrogen-bond acceptors (Lipinski definition) is 3. The van der Waals surface area contributed by atoms with Crippen LogP contribution < -0.4 is 0 Å². The van der Waals surface area contributed by atoms with Gasteiger partial charge < -0.3 is 4.74 Å². The predicted molar refractivity (Wildman–Crippen MR) is 54.8 cm³/mol. The van der Waals surface area contributed by atoms with Crippen LogP contribution in [0.25, 0.3) is 0 Å². The van der Waals surface area contributed by atoms with Gasteiger partial charge in [-0.25, -0.2) is 0 Å². The normalized spacial score (nSPS) is 34.1. The second-order valence-corrected chi connectivity index (χ2v) is 5.95. The van der Waals surface area contributed by atoms with Crippen molar-refractivity contribution in [3.05, 3.63) is 0 Å². The second-order valence-electron chi connectivity index (χ2n) is 3.58. The Kier molecular flexibility index (Phi) is 2.86. The Labute approximate surface area is 97.2 Å². The van der Waals surface area contributed by atoms with Gasteiger partial charge in [-0.15, -0.1) is 0 Å². The molecule has 6 heteroatoms. The summed E-state index contributed by atoms with van der Waals surface area (Å²) in [7, 11) is 0. The number of hydrogen-bond donors (Lipinski definition) is 0. The summed E-state index contributed by atoms with van der Waals surface area (Å²) in [5, 5.41) is 0. The van der Waals surface area contributed by atoms with E-state index in [1.807, 2.05) is 4.90 Å². The van der Waals surface area contributed by atoms with Crippen LogP contribution in [0.15, 0.2) is 0 Å². The molecule has 0 saturated carbocycles. The first-order valence-corrected chi connectivity index (χ1v) is 5.62. The summed E-state index contributed by atoms with van der Waals surface area (Å²) >= 11 is 17.5. The second kappa shape index (κ2) is 3.71. The van der Waals surface area contributed by atoms with Crippen molar-refractivity contribution in [2.75, 3.05) is 13.2 Å². The highest BCUT2D eigenvalue weighted by Gasteiger charge is 2.48. The predicted octanol–water partition coefficient (Wildman–Crippen LogP) is 1.75. The van der Waals surface area contributed by atoms with Crippen LogP contribution in [0.1, 0.15) is 12.8 Å². The van der Waals surface area contributed by atoms with E-state index in [2.05, 4.69) is 0 Å². The molecule has 2 saturated heterocycles. The number of cyclic esters (lactones) is 1. The molecular formula is C8H10Cl3NO2. The Bertz CT molecular complexity index is 253. The van der Waals surface area contributed by atoms with Gasteiger partial charge in [-0.05, 0) is 19.4 Å². The molecule has 80 valence electrons. The van der Waals surface area contributed by atoms with Gasteiger partial charge in [0.2, 0.25) is 3.79 Å². The monoisotopic (exact) mass is 257 g/mol. The topological polar surface area (TPSA) is 29.5 Å². The van der Waals surface area contributed by atoms with E-state index >= 15 is 0 Å². The van der Waals surface area contributed by atoms with Crippen molar-refractivity contribution in [2.24, 2.45) is 0 Å². The number of halogens is 3. The van der Waals surface area contributed by atoms with Gasteiger partial charge >= 0.3 is 5.97 Å². The van der Waals surface area contributed by atoms with E-state index in [-0.39, 0.29) is 24.7 Å². The average Bonchev–Trinajstić information content (AvgIpc) is 2.50. The van der Waals surface area contributed by atoms with Gasteiger partial charge in [0.25, 0.3) is 0 Å². The molecule has 3 nitrogen and oxygen atoms in total. The molecule has 0 N–H and O–H groups in total. The first-order valence-electron chi connectivity index (χ1n) is 4.49. The third kappa shape index (κ3) is 1.83. The smallest absolute Gasteiger partial charge is 0.323 e. The van der Waals surface area contributed by atoms with Crippen LogP contribution in [0.3, 0.4) is 0 Å². The van der Waals surface area contributed by atoms with Crippen LogP contribution in [0.5, 0.6) is 0 Å². The van der Waals surface area contributed by atoms with Gasteiger partial charge in [0.15, 0.2) is 0 Å². The number of fused-ring (bicyclic) bond motifs is 1. The van der Waals surface area contributed by atoms with Crippen molar-refractivity contribution in [1.82, 2.24) is 4.90 Å². The maximum absolute atomic E-state index is 11.4. The Morgan fingerprint density at radius 1 is 1.43 bits per heavy atom. The van der Waals surface area contributed by atoms with Crippen LogP contribution in [0.4, 0.5) is 0 Å². The minimum atomic E-state index is -1.39. The molecule has 0 aliphatic carbocycles. The molecule has 0 aromatic rings. The molecule has 2 heterocycles. The van der Waals surface area contributed by atoms with Crippen LogP contribution >= 0.6 is 34.8 Å². The third-order valence-electron chi connectivity index (χ3n) is 2.73. The standard InChI is InChI=1S/C8H10Cl3NO2/c9-8(10,11)6-4-14-7(13)5-2-1-3-12(5)6/h5-6H,1-4H2. The Morgan fingerprint density at radius 3 is 2.79 bits per heavy atom. The maximum atomic E-state index is 11.4. The third-order valence-corrected chi connectivity index (χ3v) is 3.48. The minimum absolute atomic E-state index is 0.172. The Morgan fingerprint density at radius 2 is 2.14 bits per heavy atom. The zero-order chi connectivity index (χ0) is 10.3. The number of nitrogens with zero attached hydrogens (tertiary/aromatic N) is 1. The van der Waals surface area contributed by atoms with E-state index in [1.165, 1.54) is 0 Å². The molecule has 2 aliphatic heterocycles. The van der Waals surface area contributed by atoms with E-state index in [1.54, 1.807) is 0 Å². The summed E-state index contributed by atoms with van der Waals surface area (Å²) in [4.78, 5) is 13.3. The lowest BCUT2D eigenvalue weighted by Gasteiger charge is -2.39. The number of ether oxygens (including phenoxy) is 1. The van der Waals surface area contributed by atoms with Crippen molar-refractivity contribution < 1.29 is 9.53 Å². The maximum Gasteiger partial charge on any atom is 0.323 e. The first kappa shape index (κ1) is 10.8. The van der Waals surface area contributed by atoms with Gasteiger partial charge in [-0.3, -0.25) is 9.69 Å². The van der Waals surface area contributed by atoms with E-state index in [0.717, 1.165) is 19.4 Å². The van der Waals surface area contributed by atoms with Crippen molar-refractivity contribution >= 4 is 40.8 Å². The highest BCUT2D eigenvalue weighted by Crippen LogP contribution is 2.39. The van der Waals surface area contributed by atoms with Crippen molar-refractivity contribution in [3.63, 3.8) is 0 Å². The average molecular weight is 259 g/mol. The minimum Gasteiger partial charge on any atom is -0.463 e. The van der Waals surface area contributed by atoms with Gasteiger partial charge in [0.1, 0.15) is 12.6 Å². The molecule has 0 aromatic carbocycles. The molecule has 2 atom stereocenters. The summed E-state index contributed by atoms with van der Waals surface area (Å²) < 4.78 is 3.61. The van der Waals surface area contributed by atoms with Gasteiger partial charge in [-0.2, -0.15) is 0 Å². The van der Waals surface area contributed by atoms with Crippen molar-refractivity contribution in [2.45, 2.75) is 28.7 Å². The van der Waals surface area contributed by atoms with Crippen LogP contribution in [-0.4, -0.2) is 39.9 Å². The fourth-order valence-electron chi connectivity index (χ4n) is 2.05. The highest BCUT2D eigenvalue weighted by atomic mass is 35.6. The molecule has 2 aliphatic rings. The first-order chi connectivity index (χ1) is 6.50. The van der Waals surface area contributed by atoms with E-state index in [9.17, 15) is 4.79 Å². The molecule has 2 fully saturated rings. The van der Waals surface area contributed by atoms with Crippen LogP contribution in [0, 0.1) is 0 Å². The number of alkyl halides is 3. The lowest BCUT2D eigenvalue weighted by molar-refractivity contribution is -0.159. The van der Waals surface area contributed by atoms with Gasteiger partial charge in [0, 0.05) is 0 Å². The van der Waals surface area contributed by atoms with Crippen molar-refractivity contribution in [3.8, 4) is 0 Å². The lowest BCUT2D eigenvalue weighted by atomic mass is 10.1. The summed E-state index contributed by atoms with van der Waals surface area (Å²) in [5.41, 5.74) is 0. The molecule has 2 rings (SSSR count). The fraction of sp³-hybridized carbons (Fsp3) is 0.875. The van der Waals surface area contributed by atoms with Crippen LogP contribution in [-0.2, 0) is 9.53 Å². The van der Waals surface area contributed by atoms with Gasteiger partial charge in [-0.1, -0.05) is 34.8 Å². The number of rotatable bonds is 0.